The summed E-state index contributed by atoms with van der Waals surface area (Å²) in [5.74, 6) is 0.0326. The minimum atomic E-state index is -0.381. The van der Waals surface area contributed by atoms with Gasteiger partial charge in [0.1, 0.15) is 11.6 Å². The van der Waals surface area contributed by atoms with Gasteiger partial charge in [-0.15, -0.1) is 0 Å². The number of rotatable bonds is 5. The molecule has 0 radical (unpaired) electrons. The second kappa shape index (κ2) is 8.98. The SMILES string of the molecule is CCc1ccc(NC(=O)/C(C#N)=C\c2cc3c(cc2C)N(CC)C(C)(C)C[C@@H]3C)cc1. The molecule has 1 N–H and O–H groups in total. The zero-order valence-electron chi connectivity index (χ0n) is 19.5. The van der Waals surface area contributed by atoms with Crippen LogP contribution in [0, 0.1) is 18.3 Å². The maximum absolute atomic E-state index is 12.7. The molecule has 31 heavy (non-hydrogen) atoms. The lowest BCUT2D eigenvalue weighted by Gasteiger charge is -2.47. The molecule has 1 atom stereocenters. The average Bonchev–Trinajstić information content (AvgIpc) is 2.72. The highest BCUT2D eigenvalue weighted by Gasteiger charge is 2.35. The quantitative estimate of drug-likeness (QED) is 0.466. The maximum atomic E-state index is 12.7. The average molecular weight is 416 g/mol. The second-order valence-electron chi connectivity index (χ2n) is 9.10. The molecular formula is C27H33N3O. The first-order valence-corrected chi connectivity index (χ1v) is 11.1. The Hall–Kier alpha value is -3.06. The Labute approximate surface area is 186 Å². The van der Waals surface area contributed by atoms with Crippen molar-refractivity contribution in [2.45, 2.75) is 65.8 Å². The third-order valence-corrected chi connectivity index (χ3v) is 6.37. The van der Waals surface area contributed by atoms with Crippen LogP contribution in [-0.4, -0.2) is 18.0 Å². The van der Waals surface area contributed by atoms with Crippen molar-refractivity contribution in [1.29, 1.82) is 5.26 Å². The number of hydrogen-bond acceptors (Lipinski definition) is 3. The summed E-state index contributed by atoms with van der Waals surface area (Å²) in [6, 6.07) is 14.2. The van der Waals surface area contributed by atoms with Crippen LogP contribution >= 0.6 is 0 Å². The van der Waals surface area contributed by atoms with Crippen molar-refractivity contribution in [3.8, 4) is 6.07 Å². The molecule has 2 aromatic carbocycles. The predicted octanol–water partition coefficient (Wildman–Crippen LogP) is 6.22. The molecule has 1 amide bonds. The Kier molecular flexibility index (Phi) is 6.55. The number of carbonyl (C=O) groups is 1. The Morgan fingerprint density at radius 1 is 1.26 bits per heavy atom. The molecule has 3 rings (SSSR count). The van der Waals surface area contributed by atoms with Gasteiger partial charge in [0.15, 0.2) is 0 Å². The number of amides is 1. The summed E-state index contributed by atoms with van der Waals surface area (Å²) in [5, 5.41) is 12.5. The number of carbonyl (C=O) groups excluding carboxylic acids is 1. The van der Waals surface area contributed by atoms with E-state index in [2.05, 4.69) is 63.0 Å². The van der Waals surface area contributed by atoms with Gasteiger partial charge in [0, 0.05) is 23.5 Å². The standard InChI is InChI=1S/C27H33N3O/c1-7-20-9-11-23(12-10-20)29-26(31)22(17-28)14-21-15-24-19(4)16-27(5,6)30(8-2)25(24)13-18(21)3/h9-15,19H,7-8,16H2,1-6H3,(H,29,31)/b22-14-/t19-/m0/s1. The lowest BCUT2D eigenvalue weighted by Crippen LogP contribution is -2.48. The molecule has 0 fully saturated rings. The van der Waals surface area contributed by atoms with Gasteiger partial charge < -0.3 is 10.2 Å². The molecule has 2 aromatic rings. The van der Waals surface area contributed by atoms with Gasteiger partial charge in [-0.05, 0) is 99.0 Å². The molecule has 162 valence electrons. The topological polar surface area (TPSA) is 56.1 Å². The molecular weight excluding hydrogens is 382 g/mol. The van der Waals surface area contributed by atoms with Gasteiger partial charge in [0.05, 0.1) is 0 Å². The Morgan fingerprint density at radius 2 is 1.94 bits per heavy atom. The number of anilines is 2. The monoisotopic (exact) mass is 415 g/mol. The molecule has 0 aromatic heterocycles. The highest BCUT2D eigenvalue weighted by atomic mass is 16.1. The summed E-state index contributed by atoms with van der Waals surface area (Å²) in [5.41, 5.74) is 6.65. The smallest absolute Gasteiger partial charge is 0.266 e. The van der Waals surface area contributed by atoms with Crippen molar-refractivity contribution in [3.05, 3.63) is 64.2 Å². The van der Waals surface area contributed by atoms with E-state index in [1.165, 1.54) is 16.8 Å². The molecule has 1 heterocycles. The fraction of sp³-hybridized carbons (Fsp3) is 0.407. The second-order valence-corrected chi connectivity index (χ2v) is 9.10. The van der Waals surface area contributed by atoms with Crippen molar-refractivity contribution in [3.63, 3.8) is 0 Å². The van der Waals surface area contributed by atoms with Crippen molar-refractivity contribution in [2.24, 2.45) is 0 Å². The summed E-state index contributed by atoms with van der Waals surface area (Å²) < 4.78 is 0. The minimum absolute atomic E-state index is 0.107. The van der Waals surface area contributed by atoms with Crippen LogP contribution < -0.4 is 10.2 Å². The van der Waals surface area contributed by atoms with Gasteiger partial charge in [0.2, 0.25) is 0 Å². The minimum Gasteiger partial charge on any atom is -0.366 e. The Bertz CT molecular complexity index is 1040. The number of hydrogen-bond donors (Lipinski definition) is 1. The van der Waals surface area contributed by atoms with Crippen LogP contribution in [0.3, 0.4) is 0 Å². The molecule has 1 aliphatic rings. The van der Waals surface area contributed by atoms with Gasteiger partial charge in [0.25, 0.3) is 5.91 Å². The van der Waals surface area contributed by atoms with Crippen molar-refractivity contribution in [2.75, 3.05) is 16.8 Å². The van der Waals surface area contributed by atoms with E-state index in [1.807, 2.05) is 31.2 Å². The van der Waals surface area contributed by atoms with Gasteiger partial charge in [-0.3, -0.25) is 4.79 Å². The maximum Gasteiger partial charge on any atom is 0.266 e. The van der Waals surface area contributed by atoms with E-state index in [-0.39, 0.29) is 17.0 Å². The summed E-state index contributed by atoms with van der Waals surface area (Å²) in [4.78, 5) is 15.2. The largest absolute Gasteiger partial charge is 0.366 e. The van der Waals surface area contributed by atoms with Crippen LogP contribution in [0.5, 0.6) is 0 Å². The highest BCUT2D eigenvalue weighted by molar-refractivity contribution is 6.09. The van der Waals surface area contributed by atoms with Crippen LogP contribution in [0.4, 0.5) is 11.4 Å². The van der Waals surface area contributed by atoms with Crippen molar-refractivity contribution < 1.29 is 4.79 Å². The normalized spacial score (nSPS) is 17.6. The summed E-state index contributed by atoms with van der Waals surface area (Å²) in [6.45, 7) is 14.1. The summed E-state index contributed by atoms with van der Waals surface area (Å²) in [7, 11) is 0. The Morgan fingerprint density at radius 3 is 2.52 bits per heavy atom. The third kappa shape index (κ3) is 4.66. The first-order valence-electron chi connectivity index (χ1n) is 11.1. The molecule has 4 heteroatoms. The van der Waals surface area contributed by atoms with E-state index in [9.17, 15) is 10.1 Å². The molecule has 0 spiro atoms. The van der Waals surface area contributed by atoms with E-state index in [1.54, 1.807) is 6.08 Å². The number of nitrogens with one attached hydrogen (secondary N) is 1. The molecule has 0 aliphatic carbocycles. The lowest BCUT2D eigenvalue weighted by molar-refractivity contribution is -0.112. The van der Waals surface area contributed by atoms with Gasteiger partial charge >= 0.3 is 0 Å². The molecule has 4 nitrogen and oxygen atoms in total. The number of benzene rings is 2. The fourth-order valence-electron chi connectivity index (χ4n) is 4.73. The van der Waals surface area contributed by atoms with E-state index in [4.69, 9.17) is 0 Å². The number of fused-ring (bicyclic) bond motifs is 1. The van der Waals surface area contributed by atoms with Gasteiger partial charge in [-0.1, -0.05) is 26.0 Å². The van der Waals surface area contributed by atoms with Crippen LogP contribution in [0.2, 0.25) is 0 Å². The van der Waals surface area contributed by atoms with Crippen molar-refractivity contribution in [1.82, 2.24) is 0 Å². The number of nitrogens with zero attached hydrogens (tertiary/aromatic N) is 2. The lowest BCUT2D eigenvalue weighted by atomic mass is 9.79. The first kappa shape index (κ1) is 22.6. The molecule has 1 aliphatic heterocycles. The van der Waals surface area contributed by atoms with E-state index < -0.39 is 0 Å². The molecule has 0 saturated carbocycles. The zero-order chi connectivity index (χ0) is 22.8. The summed E-state index contributed by atoms with van der Waals surface area (Å²) in [6.07, 6.45) is 3.73. The Balaban J connectivity index is 1.93. The van der Waals surface area contributed by atoms with Crippen molar-refractivity contribution >= 4 is 23.4 Å². The first-order chi connectivity index (χ1) is 14.7. The van der Waals surface area contributed by atoms with Gasteiger partial charge in [-0.2, -0.15) is 5.26 Å². The van der Waals surface area contributed by atoms with E-state index >= 15 is 0 Å². The zero-order valence-corrected chi connectivity index (χ0v) is 19.5. The molecule has 0 bridgehead atoms. The van der Waals surface area contributed by atoms with Crippen LogP contribution in [0.15, 0.2) is 42.0 Å². The van der Waals surface area contributed by atoms with E-state index in [0.29, 0.717) is 11.6 Å². The third-order valence-electron chi connectivity index (χ3n) is 6.37. The summed E-state index contributed by atoms with van der Waals surface area (Å²) >= 11 is 0. The molecule has 0 unspecified atom stereocenters. The highest BCUT2D eigenvalue weighted by Crippen LogP contribution is 2.44. The van der Waals surface area contributed by atoms with E-state index in [0.717, 1.165) is 30.5 Å². The van der Waals surface area contributed by atoms with Crippen LogP contribution in [0.1, 0.15) is 69.2 Å². The van der Waals surface area contributed by atoms with Gasteiger partial charge in [-0.25, -0.2) is 0 Å². The fourth-order valence-corrected chi connectivity index (χ4v) is 4.73. The van der Waals surface area contributed by atoms with Crippen LogP contribution in [-0.2, 0) is 11.2 Å². The molecule has 0 saturated heterocycles. The predicted molar refractivity (Wildman–Crippen MR) is 129 cm³/mol. The van der Waals surface area contributed by atoms with Crippen LogP contribution in [0.25, 0.3) is 6.08 Å². The number of aryl methyl sites for hydroxylation is 2. The number of nitriles is 1.